The minimum Gasteiger partial charge on any atom is -0.504 e. The van der Waals surface area contributed by atoms with Gasteiger partial charge in [-0.3, -0.25) is 4.79 Å². The Bertz CT molecular complexity index is 560. The predicted octanol–water partition coefficient (Wildman–Crippen LogP) is 1.88. The molecule has 0 radical (unpaired) electrons. The van der Waals surface area contributed by atoms with Crippen LogP contribution in [0.4, 0.5) is 0 Å². The van der Waals surface area contributed by atoms with Crippen molar-refractivity contribution in [1.29, 1.82) is 0 Å². The van der Waals surface area contributed by atoms with Gasteiger partial charge in [0.2, 0.25) is 0 Å². The Kier molecular flexibility index (Phi) is 2.40. The van der Waals surface area contributed by atoms with Gasteiger partial charge in [0.1, 0.15) is 0 Å². The van der Waals surface area contributed by atoms with Gasteiger partial charge in [-0.15, -0.1) is 0 Å². The number of carboxylic acids is 1. The first-order valence-electron chi connectivity index (χ1n) is 4.72. The van der Waals surface area contributed by atoms with Gasteiger partial charge in [-0.05, 0) is 28.5 Å². The molecule has 82 valence electrons. The van der Waals surface area contributed by atoms with Crippen LogP contribution in [0.2, 0.25) is 0 Å². The van der Waals surface area contributed by atoms with E-state index in [0.29, 0.717) is 10.9 Å². The van der Waals surface area contributed by atoms with E-state index in [2.05, 4.69) is 0 Å². The number of carbonyl (C=O) groups is 1. The number of hydrogen-bond acceptors (Lipinski definition) is 3. The highest BCUT2D eigenvalue weighted by Crippen LogP contribution is 2.30. The van der Waals surface area contributed by atoms with Crippen molar-refractivity contribution in [2.75, 3.05) is 0 Å². The predicted molar refractivity (Wildman–Crippen MR) is 58.6 cm³/mol. The number of hydrogen-bond donors (Lipinski definition) is 3. The van der Waals surface area contributed by atoms with Gasteiger partial charge in [0.05, 0.1) is 6.42 Å². The SMILES string of the molecule is O=C(O)Cc1ccc2cc(O)c(O)cc2c1. The summed E-state index contributed by atoms with van der Waals surface area (Å²) in [5.74, 6) is -1.29. The van der Waals surface area contributed by atoms with E-state index in [4.69, 9.17) is 5.11 Å². The van der Waals surface area contributed by atoms with Crippen LogP contribution in [-0.2, 0) is 11.2 Å². The van der Waals surface area contributed by atoms with Gasteiger partial charge in [0.15, 0.2) is 11.5 Å². The topological polar surface area (TPSA) is 77.8 Å². The zero-order chi connectivity index (χ0) is 11.7. The van der Waals surface area contributed by atoms with E-state index in [1.54, 1.807) is 18.2 Å². The molecule has 0 spiro atoms. The van der Waals surface area contributed by atoms with E-state index < -0.39 is 5.97 Å². The van der Waals surface area contributed by atoms with Crippen molar-refractivity contribution in [1.82, 2.24) is 0 Å². The maximum atomic E-state index is 10.5. The fraction of sp³-hybridized carbons (Fsp3) is 0.0833. The third-order valence-corrected chi connectivity index (χ3v) is 2.35. The fourth-order valence-electron chi connectivity index (χ4n) is 1.61. The van der Waals surface area contributed by atoms with Crippen LogP contribution in [0.25, 0.3) is 10.8 Å². The normalized spacial score (nSPS) is 10.5. The summed E-state index contributed by atoms with van der Waals surface area (Å²) in [4.78, 5) is 10.5. The van der Waals surface area contributed by atoms with Crippen LogP contribution in [0.1, 0.15) is 5.56 Å². The Morgan fingerprint density at radius 3 is 2.25 bits per heavy atom. The second-order valence-electron chi connectivity index (χ2n) is 3.59. The van der Waals surface area contributed by atoms with Gasteiger partial charge in [-0.2, -0.15) is 0 Å². The van der Waals surface area contributed by atoms with E-state index in [-0.39, 0.29) is 17.9 Å². The Morgan fingerprint density at radius 2 is 1.62 bits per heavy atom. The molecule has 2 aromatic rings. The Hall–Kier alpha value is -2.23. The van der Waals surface area contributed by atoms with Crippen molar-refractivity contribution >= 4 is 16.7 Å². The summed E-state index contributed by atoms with van der Waals surface area (Å²) < 4.78 is 0. The maximum Gasteiger partial charge on any atom is 0.307 e. The molecule has 0 aliphatic rings. The van der Waals surface area contributed by atoms with Crippen molar-refractivity contribution in [2.45, 2.75) is 6.42 Å². The third kappa shape index (κ3) is 1.91. The molecule has 0 saturated carbocycles. The molecule has 4 nitrogen and oxygen atoms in total. The quantitative estimate of drug-likeness (QED) is 0.672. The van der Waals surface area contributed by atoms with Crippen LogP contribution in [0.3, 0.4) is 0 Å². The molecule has 0 aromatic heterocycles. The Labute approximate surface area is 91.4 Å². The van der Waals surface area contributed by atoms with Crippen LogP contribution < -0.4 is 0 Å². The first-order chi connectivity index (χ1) is 7.56. The smallest absolute Gasteiger partial charge is 0.307 e. The fourth-order valence-corrected chi connectivity index (χ4v) is 1.61. The minimum atomic E-state index is -0.901. The highest BCUT2D eigenvalue weighted by Gasteiger charge is 2.05. The molecule has 0 bridgehead atoms. The number of rotatable bonds is 2. The zero-order valence-electron chi connectivity index (χ0n) is 8.34. The molecule has 2 aromatic carbocycles. The minimum absolute atomic E-state index is 0.0580. The van der Waals surface area contributed by atoms with Crippen LogP contribution in [0, 0.1) is 0 Å². The standard InChI is InChI=1S/C12H10O4/c13-10-5-8-2-1-7(4-12(15)16)3-9(8)6-11(10)14/h1-3,5-6,13-14H,4H2,(H,15,16). The zero-order valence-corrected chi connectivity index (χ0v) is 8.34. The lowest BCUT2D eigenvalue weighted by Crippen LogP contribution is -1.99. The largest absolute Gasteiger partial charge is 0.504 e. The summed E-state index contributed by atoms with van der Waals surface area (Å²) in [5, 5.41) is 28.7. The lowest BCUT2D eigenvalue weighted by molar-refractivity contribution is -0.136. The number of aliphatic carboxylic acids is 1. The maximum absolute atomic E-state index is 10.5. The third-order valence-electron chi connectivity index (χ3n) is 2.35. The van der Waals surface area contributed by atoms with Gasteiger partial charge in [0.25, 0.3) is 0 Å². The molecule has 0 atom stereocenters. The van der Waals surface area contributed by atoms with Crippen LogP contribution in [0.15, 0.2) is 30.3 Å². The van der Waals surface area contributed by atoms with Crippen LogP contribution in [-0.4, -0.2) is 21.3 Å². The molecule has 0 fully saturated rings. The van der Waals surface area contributed by atoms with Crippen LogP contribution in [0.5, 0.6) is 11.5 Å². The molecule has 3 N–H and O–H groups in total. The van der Waals surface area contributed by atoms with Crippen molar-refractivity contribution in [3.8, 4) is 11.5 Å². The molecule has 2 rings (SSSR count). The monoisotopic (exact) mass is 218 g/mol. The van der Waals surface area contributed by atoms with Crippen molar-refractivity contribution in [3.05, 3.63) is 35.9 Å². The lowest BCUT2D eigenvalue weighted by atomic mass is 10.0. The summed E-state index contributed by atoms with van der Waals surface area (Å²) >= 11 is 0. The highest BCUT2D eigenvalue weighted by atomic mass is 16.4. The summed E-state index contributed by atoms with van der Waals surface area (Å²) in [5.41, 5.74) is 0.657. The summed E-state index contributed by atoms with van der Waals surface area (Å²) in [7, 11) is 0. The first-order valence-corrected chi connectivity index (χ1v) is 4.72. The van der Waals surface area contributed by atoms with Gasteiger partial charge >= 0.3 is 5.97 Å². The van der Waals surface area contributed by atoms with E-state index >= 15 is 0 Å². The number of phenols is 2. The molecule has 0 heterocycles. The van der Waals surface area contributed by atoms with Crippen molar-refractivity contribution in [2.24, 2.45) is 0 Å². The van der Waals surface area contributed by atoms with E-state index in [1.165, 1.54) is 12.1 Å². The molecular formula is C12H10O4. The number of benzene rings is 2. The van der Waals surface area contributed by atoms with E-state index in [0.717, 1.165) is 5.39 Å². The van der Waals surface area contributed by atoms with Gasteiger partial charge in [-0.25, -0.2) is 0 Å². The Balaban J connectivity index is 2.53. The summed E-state index contributed by atoms with van der Waals surface area (Å²) in [6.45, 7) is 0. The second-order valence-corrected chi connectivity index (χ2v) is 3.59. The molecule has 0 amide bonds. The van der Waals surface area contributed by atoms with Gasteiger partial charge in [0, 0.05) is 0 Å². The van der Waals surface area contributed by atoms with Gasteiger partial charge < -0.3 is 15.3 Å². The van der Waals surface area contributed by atoms with E-state index in [9.17, 15) is 15.0 Å². The number of aromatic hydroxyl groups is 2. The molecule has 16 heavy (non-hydrogen) atoms. The highest BCUT2D eigenvalue weighted by molar-refractivity contribution is 5.87. The van der Waals surface area contributed by atoms with E-state index in [1.807, 2.05) is 0 Å². The summed E-state index contributed by atoms with van der Waals surface area (Å²) in [6.07, 6.45) is -0.0580. The van der Waals surface area contributed by atoms with Crippen molar-refractivity contribution in [3.63, 3.8) is 0 Å². The van der Waals surface area contributed by atoms with Crippen molar-refractivity contribution < 1.29 is 20.1 Å². The summed E-state index contributed by atoms with van der Waals surface area (Å²) in [6, 6.07) is 7.94. The molecular weight excluding hydrogens is 208 g/mol. The molecule has 0 unspecified atom stereocenters. The second kappa shape index (κ2) is 3.73. The van der Waals surface area contributed by atoms with Gasteiger partial charge in [-0.1, -0.05) is 18.2 Å². The lowest BCUT2D eigenvalue weighted by Gasteiger charge is -2.03. The number of carboxylic acid groups (broad SMARTS) is 1. The molecule has 0 saturated heterocycles. The molecule has 4 heteroatoms. The molecule has 0 aliphatic carbocycles. The number of phenolic OH excluding ortho intramolecular Hbond substituents is 2. The average Bonchev–Trinajstić information content (AvgIpc) is 2.19. The Morgan fingerprint density at radius 1 is 1.00 bits per heavy atom. The first kappa shape index (κ1) is 10.3. The average molecular weight is 218 g/mol. The van der Waals surface area contributed by atoms with Crippen LogP contribution >= 0.6 is 0 Å². The molecule has 0 aliphatic heterocycles. The number of fused-ring (bicyclic) bond motifs is 1.